The first-order valence-corrected chi connectivity index (χ1v) is 8.28. The van der Waals surface area contributed by atoms with Gasteiger partial charge in [0.1, 0.15) is 11.4 Å². The Labute approximate surface area is 124 Å². The number of nitrogens with zero attached hydrogens (tertiary/aromatic N) is 1. The number of carboxylic acids is 1. The van der Waals surface area contributed by atoms with Crippen molar-refractivity contribution in [3.05, 3.63) is 16.3 Å². The fourth-order valence-corrected chi connectivity index (χ4v) is 4.10. The fourth-order valence-electron chi connectivity index (χ4n) is 1.53. The molecular weight excluding hydrogens is 331 g/mol. The Bertz CT molecular complexity index is 595. The van der Waals surface area contributed by atoms with Gasteiger partial charge in [0.2, 0.25) is 10.0 Å². The zero-order chi connectivity index (χ0) is 16.3. The van der Waals surface area contributed by atoms with Gasteiger partial charge in [-0.25, -0.2) is 13.2 Å². The molecule has 21 heavy (non-hydrogen) atoms. The minimum absolute atomic E-state index is 0.240. The van der Waals surface area contributed by atoms with E-state index in [0.29, 0.717) is 22.1 Å². The standard InChI is InChI=1S/C11H14F3NO4S2/c1-2-3-4-15(7-11(12,13)14)21(18,19)8-5-9(10(16)17)20-6-8/h5-6H,2-4,7H2,1H3,(H,16,17). The Morgan fingerprint density at radius 1 is 1.43 bits per heavy atom. The van der Waals surface area contributed by atoms with Crippen molar-refractivity contribution in [2.75, 3.05) is 13.1 Å². The van der Waals surface area contributed by atoms with E-state index < -0.39 is 33.6 Å². The van der Waals surface area contributed by atoms with Crippen LogP contribution in [0.3, 0.4) is 0 Å². The van der Waals surface area contributed by atoms with Crippen LogP contribution < -0.4 is 0 Å². The van der Waals surface area contributed by atoms with E-state index in [4.69, 9.17) is 5.11 Å². The van der Waals surface area contributed by atoms with Gasteiger partial charge in [0.05, 0.1) is 4.90 Å². The van der Waals surface area contributed by atoms with Crippen LogP contribution in [0.4, 0.5) is 13.2 Å². The number of alkyl halides is 3. The lowest BCUT2D eigenvalue weighted by molar-refractivity contribution is -0.136. The molecule has 0 bridgehead atoms. The Hall–Kier alpha value is -1.13. The molecule has 1 N–H and O–H groups in total. The van der Waals surface area contributed by atoms with Gasteiger partial charge in [0.15, 0.2) is 0 Å². The lowest BCUT2D eigenvalue weighted by Gasteiger charge is -2.22. The van der Waals surface area contributed by atoms with Gasteiger partial charge >= 0.3 is 12.1 Å². The van der Waals surface area contributed by atoms with E-state index in [0.717, 1.165) is 11.4 Å². The molecule has 1 rings (SSSR count). The van der Waals surface area contributed by atoms with Crippen LogP contribution in [0.25, 0.3) is 0 Å². The average Bonchev–Trinajstić information content (AvgIpc) is 2.83. The summed E-state index contributed by atoms with van der Waals surface area (Å²) in [6.45, 7) is -0.129. The third kappa shape index (κ3) is 4.97. The maximum atomic E-state index is 12.5. The van der Waals surface area contributed by atoms with Crippen LogP contribution in [0.15, 0.2) is 16.3 Å². The summed E-state index contributed by atoms with van der Waals surface area (Å²) in [5.41, 5.74) is 0. The van der Waals surface area contributed by atoms with Crippen molar-refractivity contribution < 1.29 is 31.5 Å². The number of hydrogen-bond donors (Lipinski definition) is 1. The summed E-state index contributed by atoms with van der Waals surface area (Å²) in [5.74, 6) is -1.32. The van der Waals surface area contributed by atoms with Gasteiger partial charge in [-0.05, 0) is 12.5 Å². The highest BCUT2D eigenvalue weighted by atomic mass is 32.2. The molecule has 1 aromatic heterocycles. The second-order valence-corrected chi connectivity index (χ2v) is 7.11. The first kappa shape index (κ1) is 17.9. The van der Waals surface area contributed by atoms with E-state index in [1.165, 1.54) is 0 Å². The quantitative estimate of drug-likeness (QED) is 0.825. The highest BCUT2D eigenvalue weighted by Gasteiger charge is 2.37. The molecule has 0 aromatic carbocycles. The topological polar surface area (TPSA) is 74.7 Å². The third-order valence-electron chi connectivity index (χ3n) is 2.54. The maximum Gasteiger partial charge on any atom is 0.402 e. The molecule has 0 saturated carbocycles. The van der Waals surface area contributed by atoms with Crippen molar-refractivity contribution in [3.63, 3.8) is 0 Å². The van der Waals surface area contributed by atoms with Crippen molar-refractivity contribution in [1.29, 1.82) is 0 Å². The van der Waals surface area contributed by atoms with Crippen molar-refractivity contribution in [2.24, 2.45) is 0 Å². The van der Waals surface area contributed by atoms with Crippen molar-refractivity contribution in [2.45, 2.75) is 30.8 Å². The summed E-state index contributed by atoms with van der Waals surface area (Å²) in [5, 5.41) is 9.79. The number of rotatable bonds is 7. The molecule has 5 nitrogen and oxygen atoms in total. The van der Waals surface area contributed by atoms with Crippen LogP contribution in [0.5, 0.6) is 0 Å². The molecule has 1 heterocycles. The second kappa shape index (κ2) is 6.75. The lowest BCUT2D eigenvalue weighted by atomic mass is 10.3. The Morgan fingerprint density at radius 2 is 2.05 bits per heavy atom. The lowest BCUT2D eigenvalue weighted by Crippen LogP contribution is -2.39. The second-order valence-electron chi connectivity index (χ2n) is 4.26. The predicted octanol–water partition coefficient (Wildman–Crippen LogP) is 2.80. The molecule has 0 amide bonds. The molecular formula is C11H14F3NO4S2. The monoisotopic (exact) mass is 345 g/mol. The Morgan fingerprint density at radius 3 is 2.48 bits per heavy atom. The molecule has 10 heteroatoms. The van der Waals surface area contributed by atoms with Crippen molar-refractivity contribution in [3.8, 4) is 0 Å². The van der Waals surface area contributed by atoms with Crippen LogP contribution in [0.2, 0.25) is 0 Å². The van der Waals surface area contributed by atoms with Crippen molar-refractivity contribution >= 4 is 27.3 Å². The molecule has 0 radical (unpaired) electrons. The number of unbranched alkanes of at least 4 members (excludes halogenated alkanes) is 1. The van der Waals surface area contributed by atoms with Gasteiger partial charge in [-0.2, -0.15) is 17.5 Å². The summed E-state index contributed by atoms with van der Waals surface area (Å²) in [6.07, 6.45) is -3.84. The highest BCUT2D eigenvalue weighted by Crippen LogP contribution is 2.26. The molecule has 120 valence electrons. The first-order valence-electron chi connectivity index (χ1n) is 5.96. The summed E-state index contributed by atoms with van der Waals surface area (Å²) in [4.78, 5) is 10.1. The van der Waals surface area contributed by atoms with Gasteiger partial charge < -0.3 is 5.11 Å². The minimum atomic E-state index is -4.66. The Kier molecular flexibility index (Phi) is 5.76. The number of carbonyl (C=O) groups is 1. The smallest absolute Gasteiger partial charge is 0.402 e. The first-order chi connectivity index (χ1) is 9.58. The fraction of sp³-hybridized carbons (Fsp3) is 0.545. The van der Waals surface area contributed by atoms with E-state index in [2.05, 4.69) is 0 Å². The number of carboxylic acid groups (broad SMARTS) is 1. The van der Waals surface area contributed by atoms with Crippen LogP contribution in [0, 0.1) is 0 Å². The normalized spacial score (nSPS) is 12.8. The molecule has 0 atom stereocenters. The van der Waals surface area contributed by atoms with Gasteiger partial charge in [0.25, 0.3) is 0 Å². The summed E-state index contributed by atoms with van der Waals surface area (Å²) < 4.78 is 62.3. The third-order valence-corrected chi connectivity index (χ3v) is 5.43. The molecule has 0 spiro atoms. The van der Waals surface area contributed by atoms with Crippen LogP contribution >= 0.6 is 11.3 Å². The minimum Gasteiger partial charge on any atom is -0.477 e. The zero-order valence-electron chi connectivity index (χ0n) is 11.1. The number of thiophene rings is 1. The van der Waals surface area contributed by atoms with E-state index in [9.17, 15) is 26.4 Å². The van der Waals surface area contributed by atoms with Gasteiger partial charge in [-0.3, -0.25) is 0 Å². The number of halogens is 3. The molecule has 0 unspecified atom stereocenters. The van der Waals surface area contributed by atoms with Crippen molar-refractivity contribution in [1.82, 2.24) is 4.31 Å². The van der Waals surface area contributed by atoms with E-state index in [-0.39, 0.29) is 17.8 Å². The maximum absolute atomic E-state index is 12.5. The highest BCUT2D eigenvalue weighted by molar-refractivity contribution is 7.89. The average molecular weight is 345 g/mol. The number of aromatic carboxylic acids is 1. The van der Waals surface area contributed by atoms with E-state index >= 15 is 0 Å². The molecule has 0 saturated heterocycles. The zero-order valence-corrected chi connectivity index (χ0v) is 12.7. The Balaban J connectivity index is 3.09. The SMILES string of the molecule is CCCCN(CC(F)(F)F)S(=O)(=O)c1csc(C(=O)O)c1. The number of hydrogen-bond acceptors (Lipinski definition) is 4. The molecule has 1 aromatic rings. The molecule has 0 aliphatic carbocycles. The van der Waals surface area contributed by atoms with Crippen LogP contribution in [0.1, 0.15) is 29.4 Å². The summed E-state index contributed by atoms with van der Waals surface area (Å²) >= 11 is 0.657. The van der Waals surface area contributed by atoms with Gasteiger partial charge in [0, 0.05) is 11.9 Å². The largest absolute Gasteiger partial charge is 0.477 e. The van der Waals surface area contributed by atoms with Crippen LogP contribution in [-0.4, -0.2) is 43.1 Å². The summed E-state index contributed by atoms with van der Waals surface area (Å²) in [7, 11) is -4.36. The summed E-state index contributed by atoms with van der Waals surface area (Å²) in [6, 6.07) is 0.873. The number of sulfonamides is 1. The molecule has 0 aliphatic heterocycles. The molecule has 0 fully saturated rings. The predicted molar refractivity (Wildman–Crippen MR) is 71.0 cm³/mol. The van der Waals surface area contributed by atoms with E-state index in [1.54, 1.807) is 6.92 Å². The van der Waals surface area contributed by atoms with Gasteiger partial charge in [-0.1, -0.05) is 13.3 Å². The van der Waals surface area contributed by atoms with Gasteiger partial charge in [-0.15, -0.1) is 11.3 Å². The molecule has 0 aliphatic rings. The van der Waals surface area contributed by atoms with Crippen LogP contribution in [-0.2, 0) is 10.0 Å². The van der Waals surface area contributed by atoms with E-state index in [1.807, 2.05) is 0 Å².